The van der Waals surface area contributed by atoms with Crippen LogP contribution in [0.4, 0.5) is 4.79 Å². The number of nitrogens with zero attached hydrogens (tertiary/aromatic N) is 1. The van der Waals surface area contributed by atoms with Gasteiger partial charge in [-0.05, 0) is 20.3 Å². The van der Waals surface area contributed by atoms with E-state index in [2.05, 4.69) is 4.74 Å². The predicted octanol–water partition coefficient (Wildman–Crippen LogP) is 0.579. The van der Waals surface area contributed by atoms with Crippen LogP contribution < -0.4 is 5.73 Å². The average molecular weight is 445 g/mol. The van der Waals surface area contributed by atoms with Crippen molar-refractivity contribution in [2.75, 3.05) is 26.6 Å². The molecule has 10 nitrogen and oxygen atoms in total. The van der Waals surface area contributed by atoms with Crippen molar-refractivity contribution in [1.82, 2.24) is 4.90 Å². The molecule has 0 saturated carbocycles. The summed E-state index contributed by atoms with van der Waals surface area (Å²) in [6.45, 7) is 5.55. The Balaban J connectivity index is 1.79. The van der Waals surface area contributed by atoms with Crippen molar-refractivity contribution in [2.45, 2.75) is 50.7 Å². The second-order valence-corrected chi connectivity index (χ2v) is 8.71. The van der Waals surface area contributed by atoms with Gasteiger partial charge in [0, 0.05) is 29.2 Å². The summed E-state index contributed by atoms with van der Waals surface area (Å²) in [5.74, 6) is -1.84. The number of amides is 1. The van der Waals surface area contributed by atoms with E-state index in [1.54, 1.807) is 13.8 Å². The van der Waals surface area contributed by atoms with Crippen LogP contribution >= 0.6 is 11.8 Å². The predicted molar refractivity (Wildman–Crippen MR) is 106 cm³/mol. The van der Waals surface area contributed by atoms with Gasteiger partial charge in [-0.1, -0.05) is 6.92 Å². The van der Waals surface area contributed by atoms with Crippen LogP contribution in [0.1, 0.15) is 27.2 Å². The van der Waals surface area contributed by atoms with Crippen LogP contribution in [0.2, 0.25) is 0 Å². The van der Waals surface area contributed by atoms with Crippen LogP contribution in [-0.2, 0) is 28.5 Å². The van der Waals surface area contributed by atoms with Gasteiger partial charge >= 0.3 is 12.1 Å². The number of rotatable bonds is 8. The van der Waals surface area contributed by atoms with E-state index >= 15 is 0 Å². The zero-order valence-electron chi connectivity index (χ0n) is 17.2. The fourth-order valence-corrected chi connectivity index (χ4v) is 5.70. The summed E-state index contributed by atoms with van der Waals surface area (Å²) in [6.07, 6.45) is -1.15. The number of esters is 1. The van der Waals surface area contributed by atoms with Gasteiger partial charge in [-0.15, -0.1) is 11.8 Å². The summed E-state index contributed by atoms with van der Waals surface area (Å²) >= 11 is 1.47. The zero-order chi connectivity index (χ0) is 22.0. The SMILES string of the molecule is CCOC(=O)OCOC(=O)C1=C(S[C@@H]2CCO[C@@H]2CN)[C@H](C)C2[C@@H]([C@@H](C)O)C(=O)N12. The lowest BCUT2D eigenvalue weighted by molar-refractivity contribution is -0.166. The number of ether oxygens (including phenoxy) is 4. The summed E-state index contributed by atoms with van der Waals surface area (Å²) in [6, 6.07) is -0.327. The minimum Gasteiger partial charge on any atom is -0.435 e. The molecule has 0 radical (unpaired) electrons. The molecular formula is C19H28N2O8S. The summed E-state index contributed by atoms with van der Waals surface area (Å²) in [4.78, 5) is 38.9. The monoisotopic (exact) mass is 444 g/mol. The normalized spacial score (nSPS) is 31.3. The van der Waals surface area contributed by atoms with E-state index in [4.69, 9.17) is 19.9 Å². The smallest absolute Gasteiger partial charge is 0.435 e. The highest BCUT2D eigenvalue weighted by Crippen LogP contribution is 2.52. The van der Waals surface area contributed by atoms with Gasteiger partial charge in [-0.3, -0.25) is 4.79 Å². The van der Waals surface area contributed by atoms with E-state index in [0.717, 1.165) is 6.42 Å². The Kier molecular flexibility index (Phi) is 7.27. The van der Waals surface area contributed by atoms with Crippen molar-refractivity contribution < 1.29 is 38.4 Å². The van der Waals surface area contributed by atoms with Crippen molar-refractivity contribution in [1.29, 1.82) is 0 Å². The third-order valence-corrected chi connectivity index (χ3v) is 7.25. The molecule has 0 aromatic heterocycles. The van der Waals surface area contributed by atoms with Gasteiger partial charge in [0.05, 0.1) is 30.8 Å². The van der Waals surface area contributed by atoms with Crippen molar-refractivity contribution in [3.8, 4) is 0 Å². The first-order valence-corrected chi connectivity index (χ1v) is 10.9. The minimum atomic E-state index is -0.949. The highest BCUT2D eigenvalue weighted by molar-refractivity contribution is 8.03. The van der Waals surface area contributed by atoms with Crippen LogP contribution in [0.25, 0.3) is 0 Å². The first-order valence-electron chi connectivity index (χ1n) is 10.0. The standard InChI is InChI=1S/C19H28N2O8S/c1-4-26-19(25)29-8-28-18(24)15-16(30-12-5-6-27-11(12)7-20)9(2)14-13(10(3)22)17(23)21(14)15/h9-14,22H,4-8,20H2,1-3H3/t9-,10-,11-,12-,13-,14?/m1/s1. The molecule has 0 bridgehead atoms. The van der Waals surface area contributed by atoms with Crippen LogP contribution in [0, 0.1) is 11.8 Å². The Morgan fingerprint density at radius 2 is 2.10 bits per heavy atom. The maximum absolute atomic E-state index is 12.8. The van der Waals surface area contributed by atoms with E-state index in [1.807, 2.05) is 6.92 Å². The number of carbonyl (C=O) groups is 3. The Morgan fingerprint density at radius 3 is 2.73 bits per heavy atom. The average Bonchev–Trinajstić information content (AvgIpc) is 3.23. The summed E-state index contributed by atoms with van der Waals surface area (Å²) in [7, 11) is 0. The van der Waals surface area contributed by atoms with Crippen molar-refractivity contribution in [2.24, 2.45) is 17.6 Å². The third-order valence-electron chi connectivity index (χ3n) is 5.59. The number of β-lactam (4-membered cyclic amide) rings is 1. The van der Waals surface area contributed by atoms with Crippen LogP contribution in [0.3, 0.4) is 0 Å². The minimum absolute atomic E-state index is 0.0461. The molecule has 2 saturated heterocycles. The first kappa shape index (κ1) is 22.9. The Bertz CT molecular complexity index is 727. The molecule has 0 aliphatic carbocycles. The lowest BCUT2D eigenvalue weighted by Crippen LogP contribution is -2.63. The first-order chi connectivity index (χ1) is 14.3. The second-order valence-electron chi connectivity index (χ2n) is 7.43. The molecule has 0 aromatic rings. The number of aliphatic hydroxyl groups excluding tert-OH is 1. The second kappa shape index (κ2) is 9.54. The fourth-order valence-electron chi connectivity index (χ4n) is 4.17. The highest BCUT2D eigenvalue weighted by atomic mass is 32.2. The zero-order valence-corrected chi connectivity index (χ0v) is 18.1. The Morgan fingerprint density at radius 1 is 1.37 bits per heavy atom. The molecular weight excluding hydrogens is 416 g/mol. The molecule has 30 heavy (non-hydrogen) atoms. The van der Waals surface area contributed by atoms with Gasteiger partial charge in [0.15, 0.2) is 0 Å². The number of fused-ring (bicyclic) bond motifs is 1. The third kappa shape index (κ3) is 4.16. The number of hydrogen-bond donors (Lipinski definition) is 2. The summed E-state index contributed by atoms with van der Waals surface area (Å²) in [5.41, 5.74) is 5.93. The number of nitrogens with two attached hydrogens (primary N) is 1. The van der Waals surface area contributed by atoms with Crippen LogP contribution in [0.15, 0.2) is 10.6 Å². The quantitative estimate of drug-likeness (QED) is 0.310. The molecule has 168 valence electrons. The number of carbonyl (C=O) groups excluding carboxylic acids is 3. The van der Waals surface area contributed by atoms with E-state index in [1.165, 1.54) is 16.7 Å². The van der Waals surface area contributed by atoms with Crippen molar-refractivity contribution >= 4 is 29.8 Å². The van der Waals surface area contributed by atoms with Gasteiger partial charge in [-0.25, -0.2) is 9.59 Å². The van der Waals surface area contributed by atoms with E-state index in [9.17, 15) is 19.5 Å². The van der Waals surface area contributed by atoms with Crippen molar-refractivity contribution in [3.63, 3.8) is 0 Å². The van der Waals surface area contributed by atoms with Crippen LogP contribution in [0.5, 0.6) is 0 Å². The molecule has 3 aliphatic heterocycles. The van der Waals surface area contributed by atoms with Gasteiger partial charge in [-0.2, -0.15) is 0 Å². The van der Waals surface area contributed by atoms with E-state index < -0.39 is 30.9 Å². The van der Waals surface area contributed by atoms with Gasteiger partial charge < -0.3 is 34.7 Å². The number of hydrogen-bond acceptors (Lipinski definition) is 10. The molecule has 3 heterocycles. The molecule has 2 fully saturated rings. The van der Waals surface area contributed by atoms with Gasteiger partial charge in [0.2, 0.25) is 12.7 Å². The maximum Gasteiger partial charge on any atom is 0.511 e. The lowest BCUT2D eigenvalue weighted by atomic mass is 9.79. The topological polar surface area (TPSA) is 138 Å². The molecule has 3 aliphatic rings. The van der Waals surface area contributed by atoms with Gasteiger partial charge in [0.1, 0.15) is 5.70 Å². The number of thioether (sulfide) groups is 1. The molecule has 6 atom stereocenters. The maximum atomic E-state index is 12.8. The Hall–Kier alpha value is -1.82. The van der Waals surface area contributed by atoms with E-state index in [-0.39, 0.29) is 41.5 Å². The molecule has 0 spiro atoms. The largest absolute Gasteiger partial charge is 0.511 e. The number of aliphatic hydroxyl groups is 1. The molecule has 0 aromatic carbocycles. The van der Waals surface area contributed by atoms with E-state index in [0.29, 0.717) is 18.1 Å². The Labute approximate surface area is 179 Å². The molecule has 3 rings (SSSR count). The highest BCUT2D eigenvalue weighted by Gasteiger charge is 2.60. The van der Waals surface area contributed by atoms with Crippen LogP contribution in [-0.4, -0.2) is 78.1 Å². The van der Waals surface area contributed by atoms with Crippen molar-refractivity contribution in [3.05, 3.63) is 10.6 Å². The molecule has 1 unspecified atom stereocenters. The molecule has 1 amide bonds. The van der Waals surface area contributed by atoms with Gasteiger partial charge in [0.25, 0.3) is 0 Å². The molecule has 3 N–H and O–H groups in total. The fraction of sp³-hybridized carbons (Fsp3) is 0.737. The lowest BCUT2D eigenvalue weighted by Gasteiger charge is -2.46. The molecule has 11 heteroatoms. The summed E-state index contributed by atoms with van der Waals surface area (Å²) < 4.78 is 20.0. The summed E-state index contributed by atoms with van der Waals surface area (Å²) in [5, 5.41) is 10.1.